The lowest BCUT2D eigenvalue weighted by molar-refractivity contribution is -0.136. The van der Waals surface area contributed by atoms with Gasteiger partial charge in [0.1, 0.15) is 12.4 Å². The second-order valence-electron chi connectivity index (χ2n) is 6.52. The molecule has 7 nitrogen and oxygen atoms in total. The molecule has 0 aliphatic carbocycles. The number of morpholine rings is 1. The number of rotatable bonds is 4. The monoisotopic (exact) mass is 382 g/mol. The largest absolute Gasteiger partial charge is 0.378 e. The van der Waals surface area contributed by atoms with Crippen molar-refractivity contribution in [3.05, 3.63) is 60.0 Å². The van der Waals surface area contributed by atoms with Crippen LogP contribution in [-0.2, 0) is 16.1 Å². The van der Waals surface area contributed by atoms with E-state index in [1.165, 1.54) is 16.8 Å². The lowest BCUT2D eigenvalue weighted by Crippen LogP contribution is -2.42. The zero-order valence-electron chi connectivity index (χ0n) is 15.1. The Labute approximate surface area is 160 Å². The molecule has 2 amide bonds. The van der Waals surface area contributed by atoms with Crippen LogP contribution in [0.15, 0.2) is 48.7 Å². The van der Waals surface area contributed by atoms with Gasteiger partial charge in [-0.3, -0.25) is 14.3 Å². The Morgan fingerprint density at radius 1 is 1.14 bits per heavy atom. The summed E-state index contributed by atoms with van der Waals surface area (Å²) in [7, 11) is 0. The van der Waals surface area contributed by atoms with Crippen LogP contribution in [0.1, 0.15) is 10.4 Å². The van der Waals surface area contributed by atoms with Crippen molar-refractivity contribution in [3.8, 4) is 0 Å². The van der Waals surface area contributed by atoms with Gasteiger partial charge in [-0.15, -0.1) is 0 Å². The number of amides is 2. The van der Waals surface area contributed by atoms with Gasteiger partial charge in [-0.1, -0.05) is 18.2 Å². The molecule has 0 unspecified atom stereocenters. The predicted molar refractivity (Wildman–Crippen MR) is 101 cm³/mol. The van der Waals surface area contributed by atoms with E-state index in [1.54, 1.807) is 41.4 Å². The number of hydrogen-bond acceptors (Lipinski definition) is 4. The highest BCUT2D eigenvalue weighted by molar-refractivity contribution is 6.12. The fraction of sp³-hybridized carbons (Fsp3) is 0.250. The number of nitrogens with one attached hydrogen (secondary N) is 1. The highest BCUT2D eigenvalue weighted by Crippen LogP contribution is 2.21. The van der Waals surface area contributed by atoms with E-state index in [4.69, 9.17) is 4.74 Å². The van der Waals surface area contributed by atoms with Crippen molar-refractivity contribution >= 4 is 28.4 Å². The Bertz CT molecular complexity index is 1030. The van der Waals surface area contributed by atoms with Gasteiger partial charge in [-0.25, -0.2) is 4.39 Å². The number of anilines is 1. The molecule has 1 fully saturated rings. The molecule has 144 valence electrons. The molecule has 0 bridgehead atoms. The Balaban J connectivity index is 1.45. The highest BCUT2D eigenvalue weighted by atomic mass is 19.1. The van der Waals surface area contributed by atoms with Gasteiger partial charge in [0.05, 0.1) is 13.2 Å². The number of aromatic nitrogens is 2. The quantitative estimate of drug-likeness (QED) is 0.751. The summed E-state index contributed by atoms with van der Waals surface area (Å²) >= 11 is 0. The molecule has 0 radical (unpaired) electrons. The molecule has 1 saturated heterocycles. The molecule has 1 N–H and O–H groups in total. The van der Waals surface area contributed by atoms with Crippen molar-refractivity contribution in [2.24, 2.45) is 0 Å². The first-order valence-corrected chi connectivity index (χ1v) is 8.99. The number of carbonyl (C=O) groups is 2. The molecule has 2 heterocycles. The highest BCUT2D eigenvalue weighted by Gasteiger charge is 2.18. The molecule has 3 aromatic rings. The van der Waals surface area contributed by atoms with Crippen molar-refractivity contribution in [1.29, 1.82) is 0 Å². The van der Waals surface area contributed by atoms with Crippen molar-refractivity contribution in [2.75, 3.05) is 31.6 Å². The van der Waals surface area contributed by atoms with Crippen molar-refractivity contribution in [3.63, 3.8) is 0 Å². The van der Waals surface area contributed by atoms with Crippen LogP contribution in [0.25, 0.3) is 10.8 Å². The van der Waals surface area contributed by atoms with E-state index < -0.39 is 0 Å². The first-order chi connectivity index (χ1) is 13.6. The van der Waals surface area contributed by atoms with Crippen LogP contribution >= 0.6 is 0 Å². The molecular weight excluding hydrogens is 363 g/mol. The van der Waals surface area contributed by atoms with Gasteiger partial charge in [0, 0.05) is 30.9 Å². The molecule has 28 heavy (non-hydrogen) atoms. The topological polar surface area (TPSA) is 76.5 Å². The third-order valence-electron chi connectivity index (χ3n) is 4.63. The van der Waals surface area contributed by atoms with E-state index in [1.807, 2.05) is 0 Å². The van der Waals surface area contributed by atoms with Crippen LogP contribution in [0.4, 0.5) is 10.2 Å². The molecule has 0 spiro atoms. The van der Waals surface area contributed by atoms with Crippen LogP contribution in [-0.4, -0.2) is 52.8 Å². The predicted octanol–water partition coefficient (Wildman–Crippen LogP) is 2.29. The summed E-state index contributed by atoms with van der Waals surface area (Å²) in [5.74, 6) is -0.394. The van der Waals surface area contributed by atoms with Crippen molar-refractivity contribution < 1.29 is 18.7 Å². The molecule has 0 atom stereocenters. The van der Waals surface area contributed by atoms with Gasteiger partial charge >= 0.3 is 0 Å². The number of hydrogen-bond donors (Lipinski definition) is 1. The normalized spacial score (nSPS) is 14.2. The molecule has 1 aliphatic heterocycles. The van der Waals surface area contributed by atoms with E-state index in [-0.39, 0.29) is 24.2 Å². The van der Waals surface area contributed by atoms with Gasteiger partial charge in [0.15, 0.2) is 5.82 Å². The molecule has 1 aliphatic rings. The summed E-state index contributed by atoms with van der Waals surface area (Å²) < 4.78 is 20.1. The third-order valence-corrected chi connectivity index (χ3v) is 4.63. The molecule has 4 rings (SSSR count). The van der Waals surface area contributed by atoms with Crippen LogP contribution in [0, 0.1) is 5.82 Å². The Morgan fingerprint density at radius 2 is 1.96 bits per heavy atom. The van der Waals surface area contributed by atoms with Crippen LogP contribution in [0.2, 0.25) is 0 Å². The second-order valence-corrected chi connectivity index (χ2v) is 6.52. The molecule has 8 heteroatoms. The van der Waals surface area contributed by atoms with Crippen molar-refractivity contribution in [1.82, 2.24) is 14.7 Å². The molecular formula is C20H19FN4O3. The minimum absolute atomic E-state index is 0.0413. The fourth-order valence-corrected chi connectivity index (χ4v) is 3.20. The Hall–Kier alpha value is -3.26. The van der Waals surface area contributed by atoms with Crippen LogP contribution in [0.5, 0.6) is 0 Å². The van der Waals surface area contributed by atoms with Crippen molar-refractivity contribution in [2.45, 2.75) is 6.54 Å². The van der Waals surface area contributed by atoms with E-state index in [2.05, 4.69) is 10.4 Å². The van der Waals surface area contributed by atoms with Gasteiger partial charge in [-0.05, 0) is 29.0 Å². The number of benzene rings is 2. The number of halogens is 1. The van der Waals surface area contributed by atoms with E-state index in [9.17, 15) is 14.0 Å². The zero-order valence-corrected chi connectivity index (χ0v) is 15.1. The summed E-state index contributed by atoms with van der Waals surface area (Å²) in [6.45, 7) is 2.34. The minimum atomic E-state index is -0.353. The third kappa shape index (κ3) is 3.86. The number of nitrogens with zero attached hydrogens (tertiary/aromatic N) is 3. The lowest BCUT2D eigenvalue weighted by Gasteiger charge is -2.26. The first-order valence-electron chi connectivity index (χ1n) is 8.99. The molecule has 2 aromatic carbocycles. The van der Waals surface area contributed by atoms with Crippen LogP contribution < -0.4 is 5.32 Å². The molecule has 0 saturated carbocycles. The van der Waals surface area contributed by atoms with Gasteiger partial charge in [-0.2, -0.15) is 5.10 Å². The van der Waals surface area contributed by atoms with Gasteiger partial charge < -0.3 is 15.0 Å². The summed E-state index contributed by atoms with van der Waals surface area (Å²) in [5, 5.41) is 8.28. The zero-order chi connectivity index (χ0) is 19.5. The number of ether oxygens (including phenoxy) is 1. The summed E-state index contributed by atoms with van der Waals surface area (Å²) in [6, 6.07) is 11.1. The summed E-state index contributed by atoms with van der Waals surface area (Å²) in [5.41, 5.74) is 0.427. The average Bonchev–Trinajstić information content (AvgIpc) is 3.14. The summed E-state index contributed by atoms with van der Waals surface area (Å²) in [6.07, 6.45) is 1.65. The Kier molecular flexibility index (Phi) is 5.03. The maximum atomic E-state index is 13.4. The molecule has 1 aromatic heterocycles. The standard InChI is InChI=1S/C20H19FN4O3/c21-15-4-5-16-14(12-15)2-1-3-17(16)20(27)22-18-6-7-25(23-18)13-19(26)24-8-10-28-11-9-24/h1-7,12H,8-11,13H2,(H,22,23,27). The first kappa shape index (κ1) is 18.1. The average molecular weight is 382 g/mol. The van der Waals surface area contributed by atoms with Crippen LogP contribution in [0.3, 0.4) is 0 Å². The van der Waals surface area contributed by atoms with E-state index >= 15 is 0 Å². The van der Waals surface area contributed by atoms with E-state index in [0.29, 0.717) is 48.5 Å². The summed E-state index contributed by atoms with van der Waals surface area (Å²) in [4.78, 5) is 26.7. The SMILES string of the molecule is O=C(Nc1ccn(CC(=O)N2CCOCC2)n1)c1cccc2cc(F)ccc12. The Morgan fingerprint density at radius 3 is 2.79 bits per heavy atom. The van der Waals surface area contributed by atoms with E-state index in [0.717, 1.165) is 0 Å². The second kappa shape index (κ2) is 7.77. The maximum Gasteiger partial charge on any atom is 0.257 e. The van der Waals surface area contributed by atoms with Gasteiger partial charge in [0.25, 0.3) is 5.91 Å². The van der Waals surface area contributed by atoms with Gasteiger partial charge in [0.2, 0.25) is 5.91 Å². The maximum absolute atomic E-state index is 13.4. The number of fused-ring (bicyclic) bond motifs is 1. The fourth-order valence-electron chi connectivity index (χ4n) is 3.20. The number of carbonyl (C=O) groups excluding carboxylic acids is 2. The lowest BCUT2D eigenvalue weighted by atomic mass is 10.0. The minimum Gasteiger partial charge on any atom is -0.378 e. The smallest absolute Gasteiger partial charge is 0.257 e.